The van der Waals surface area contributed by atoms with Crippen LogP contribution in [0.15, 0.2) is 53.8 Å². The van der Waals surface area contributed by atoms with Crippen molar-refractivity contribution in [2.24, 2.45) is 10.9 Å². The highest BCUT2D eigenvalue weighted by Gasteiger charge is 2.19. The Kier molecular flexibility index (Phi) is 8.43. The third kappa shape index (κ3) is 7.13. The molecule has 0 atom stereocenters. The summed E-state index contributed by atoms with van der Waals surface area (Å²) in [6.45, 7) is 9.02. The molecule has 1 aliphatic rings. The van der Waals surface area contributed by atoms with E-state index in [0.717, 1.165) is 57.5 Å². The summed E-state index contributed by atoms with van der Waals surface area (Å²) in [5.41, 5.74) is 1.35. The van der Waals surface area contributed by atoms with Crippen molar-refractivity contribution in [3.05, 3.63) is 54.4 Å². The molecule has 0 radical (unpaired) electrons. The van der Waals surface area contributed by atoms with Gasteiger partial charge in [-0.2, -0.15) is 0 Å². The molecule has 1 saturated heterocycles. The number of hydrogen-bond donors (Lipinski definition) is 2. The molecule has 0 unspecified atom stereocenters. The van der Waals surface area contributed by atoms with Crippen LogP contribution in [-0.4, -0.2) is 55.3 Å². The van der Waals surface area contributed by atoms with E-state index in [1.165, 1.54) is 18.4 Å². The minimum atomic E-state index is 0.669. The number of methoxy groups -OCH3 is 1. The van der Waals surface area contributed by atoms with Crippen LogP contribution >= 0.6 is 0 Å². The summed E-state index contributed by atoms with van der Waals surface area (Å²) in [5, 5.41) is 6.81. The number of aromatic nitrogens is 1. The van der Waals surface area contributed by atoms with E-state index in [0.29, 0.717) is 5.92 Å². The highest BCUT2D eigenvalue weighted by Crippen LogP contribution is 2.20. The summed E-state index contributed by atoms with van der Waals surface area (Å²) in [6.07, 6.45) is 6.60. The maximum atomic E-state index is 5.24. The van der Waals surface area contributed by atoms with Crippen LogP contribution in [0, 0.1) is 5.92 Å². The van der Waals surface area contributed by atoms with Crippen LogP contribution in [-0.2, 0) is 13.1 Å². The van der Waals surface area contributed by atoms with Crippen molar-refractivity contribution >= 4 is 5.96 Å². The van der Waals surface area contributed by atoms with Crippen molar-refractivity contribution < 1.29 is 4.74 Å². The molecule has 158 valence electrons. The van der Waals surface area contributed by atoms with Crippen molar-refractivity contribution in [2.45, 2.75) is 32.9 Å². The second-order valence-corrected chi connectivity index (χ2v) is 7.63. The molecule has 3 rings (SSSR count). The van der Waals surface area contributed by atoms with Gasteiger partial charge in [0, 0.05) is 45.1 Å². The maximum Gasteiger partial charge on any atom is 0.191 e. The number of benzene rings is 1. The molecule has 0 saturated carbocycles. The Hall–Kier alpha value is -2.47. The quantitative estimate of drug-likeness (QED) is 0.505. The third-order valence-corrected chi connectivity index (χ3v) is 5.45. The van der Waals surface area contributed by atoms with Crippen LogP contribution < -0.4 is 15.4 Å². The van der Waals surface area contributed by atoms with E-state index < -0.39 is 0 Å². The largest absolute Gasteiger partial charge is 0.497 e. The van der Waals surface area contributed by atoms with Crippen LogP contribution in [0.25, 0.3) is 0 Å². The van der Waals surface area contributed by atoms with Crippen LogP contribution in [0.4, 0.5) is 0 Å². The minimum Gasteiger partial charge on any atom is -0.497 e. The van der Waals surface area contributed by atoms with Crippen LogP contribution in [0.5, 0.6) is 5.75 Å². The Morgan fingerprint density at radius 3 is 2.48 bits per heavy atom. The average Bonchev–Trinajstić information content (AvgIpc) is 3.27. The van der Waals surface area contributed by atoms with E-state index in [4.69, 9.17) is 9.73 Å². The number of nitrogens with one attached hydrogen (secondary N) is 2. The molecule has 1 aliphatic heterocycles. The van der Waals surface area contributed by atoms with Crippen molar-refractivity contribution in [1.29, 1.82) is 0 Å². The molecule has 0 bridgehead atoms. The Bertz CT molecular complexity index is 718. The fourth-order valence-corrected chi connectivity index (χ4v) is 3.70. The smallest absolute Gasteiger partial charge is 0.191 e. The van der Waals surface area contributed by atoms with Gasteiger partial charge in [-0.3, -0.25) is 9.89 Å². The zero-order valence-corrected chi connectivity index (χ0v) is 17.8. The van der Waals surface area contributed by atoms with Gasteiger partial charge in [-0.15, -0.1) is 0 Å². The SMILES string of the molecule is CCNC(=NCC1CCN(Cc2ccc(OC)cc2)CC1)NCCn1cccc1. The Morgan fingerprint density at radius 1 is 1.10 bits per heavy atom. The van der Waals surface area contributed by atoms with Gasteiger partial charge in [0.1, 0.15) is 5.75 Å². The average molecular weight is 398 g/mol. The zero-order valence-electron chi connectivity index (χ0n) is 17.8. The van der Waals surface area contributed by atoms with Gasteiger partial charge < -0.3 is 19.9 Å². The van der Waals surface area contributed by atoms with Gasteiger partial charge in [0.15, 0.2) is 5.96 Å². The number of guanidine groups is 1. The topological polar surface area (TPSA) is 53.8 Å². The summed E-state index contributed by atoms with van der Waals surface area (Å²) in [5.74, 6) is 2.52. The summed E-state index contributed by atoms with van der Waals surface area (Å²) in [4.78, 5) is 7.38. The molecule has 0 amide bonds. The molecule has 2 aromatic rings. The van der Waals surface area contributed by atoms with Crippen LogP contribution in [0.1, 0.15) is 25.3 Å². The molecular weight excluding hydrogens is 362 g/mol. The third-order valence-electron chi connectivity index (χ3n) is 5.45. The van der Waals surface area contributed by atoms with E-state index >= 15 is 0 Å². The van der Waals surface area contributed by atoms with Gasteiger partial charge in [-0.1, -0.05) is 12.1 Å². The molecule has 0 spiro atoms. The van der Waals surface area contributed by atoms with Gasteiger partial charge >= 0.3 is 0 Å². The van der Waals surface area contributed by atoms with Crippen LogP contribution in [0.2, 0.25) is 0 Å². The number of ether oxygens (including phenoxy) is 1. The van der Waals surface area contributed by atoms with Crippen molar-refractivity contribution in [3.8, 4) is 5.75 Å². The Balaban J connectivity index is 1.39. The van der Waals surface area contributed by atoms with E-state index in [2.05, 4.69) is 63.7 Å². The highest BCUT2D eigenvalue weighted by atomic mass is 16.5. The van der Waals surface area contributed by atoms with Gasteiger partial charge in [-0.25, -0.2) is 0 Å². The highest BCUT2D eigenvalue weighted by molar-refractivity contribution is 5.79. The fraction of sp³-hybridized carbons (Fsp3) is 0.522. The predicted molar refractivity (Wildman–Crippen MR) is 119 cm³/mol. The number of hydrogen-bond acceptors (Lipinski definition) is 3. The molecule has 2 N–H and O–H groups in total. The van der Waals surface area contributed by atoms with Gasteiger partial charge in [0.2, 0.25) is 0 Å². The van der Waals surface area contributed by atoms with Gasteiger partial charge in [0.25, 0.3) is 0 Å². The second-order valence-electron chi connectivity index (χ2n) is 7.63. The fourth-order valence-electron chi connectivity index (χ4n) is 3.70. The van der Waals surface area contributed by atoms with Crippen molar-refractivity contribution in [3.63, 3.8) is 0 Å². The molecule has 29 heavy (non-hydrogen) atoms. The monoisotopic (exact) mass is 397 g/mol. The lowest BCUT2D eigenvalue weighted by Crippen LogP contribution is -2.39. The summed E-state index contributed by atoms with van der Waals surface area (Å²) < 4.78 is 7.42. The first kappa shape index (κ1) is 21.2. The minimum absolute atomic E-state index is 0.669. The van der Waals surface area contributed by atoms with Crippen molar-refractivity contribution in [1.82, 2.24) is 20.1 Å². The summed E-state index contributed by atoms with van der Waals surface area (Å²) in [7, 11) is 1.71. The molecule has 0 aliphatic carbocycles. The normalized spacial score (nSPS) is 16.0. The Labute approximate surface area is 175 Å². The second kappa shape index (κ2) is 11.5. The number of piperidine rings is 1. The summed E-state index contributed by atoms with van der Waals surface area (Å²) in [6, 6.07) is 12.5. The van der Waals surface area contributed by atoms with E-state index in [1.807, 2.05) is 12.1 Å². The summed E-state index contributed by atoms with van der Waals surface area (Å²) >= 11 is 0. The molecule has 1 fully saturated rings. The van der Waals surface area contributed by atoms with E-state index in [1.54, 1.807) is 7.11 Å². The van der Waals surface area contributed by atoms with Gasteiger partial charge in [-0.05, 0) is 68.6 Å². The molecule has 6 heteroatoms. The van der Waals surface area contributed by atoms with E-state index in [-0.39, 0.29) is 0 Å². The first-order valence-electron chi connectivity index (χ1n) is 10.7. The molecule has 2 heterocycles. The number of nitrogens with zero attached hydrogens (tertiary/aromatic N) is 3. The lowest BCUT2D eigenvalue weighted by Gasteiger charge is -2.31. The van der Waals surface area contributed by atoms with E-state index in [9.17, 15) is 0 Å². The van der Waals surface area contributed by atoms with Crippen LogP contribution in [0.3, 0.4) is 0 Å². The first-order valence-corrected chi connectivity index (χ1v) is 10.7. The molecular formula is C23H35N5O. The number of likely N-dealkylation sites (tertiary alicyclic amines) is 1. The van der Waals surface area contributed by atoms with Crippen molar-refractivity contribution in [2.75, 3.05) is 39.8 Å². The lowest BCUT2D eigenvalue weighted by molar-refractivity contribution is 0.180. The molecule has 6 nitrogen and oxygen atoms in total. The zero-order chi connectivity index (χ0) is 20.3. The number of rotatable bonds is 9. The standard InChI is InChI=1S/C23H35N5O/c1-3-24-23(25-12-17-27-13-4-5-14-27)26-18-20-10-15-28(16-11-20)19-21-6-8-22(29-2)9-7-21/h4-9,13-14,20H,3,10-12,15-19H2,1-2H3,(H2,24,25,26). The lowest BCUT2D eigenvalue weighted by atomic mass is 9.96. The Morgan fingerprint density at radius 2 is 1.83 bits per heavy atom. The number of aliphatic imine (C=N–C) groups is 1. The first-order chi connectivity index (χ1) is 14.3. The predicted octanol–water partition coefficient (Wildman–Crippen LogP) is 2.96. The maximum absolute atomic E-state index is 5.24. The molecule has 1 aromatic carbocycles. The molecule has 1 aromatic heterocycles. The van der Waals surface area contributed by atoms with Gasteiger partial charge in [0.05, 0.1) is 7.11 Å².